The number of β-amino-alcohol motifs (C(OH)–C–C–N with tert-alkyl or cyclic N) is 1. The van der Waals surface area contributed by atoms with Gasteiger partial charge in [0.05, 0.1) is 33.4 Å². The van der Waals surface area contributed by atoms with Gasteiger partial charge in [0.1, 0.15) is 23.4 Å². The molecule has 16 nitrogen and oxygen atoms in total. The number of carbonyl (C=O) groups is 4. The summed E-state index contributed by atoms with van der Waals surface area (Å²) in [4.78, 5) is 75.2. The van der Waals surface area contributed by atoms with Crippen LogP contribution in [0.1, 0.15) is 101 Å². The number of hydrogen-bond acceptors (Lipinski definition) is 12. The lowest BCUT2D eigenvalue weighted by Gasteiger charge is -2.38. The summed E-state index contributed by atoms with van der Waals surface area (Å²) in [6.07, 6.45) is 6.97. The summed E-state index contributed by atoms with van der Waals surface area (Å²) in [5.41, 5.74) is 23.6. The van der Waals surface area contributed by atoms with Crippen LogP contribution in [0.2, 0.25) is 0 Å². The van der Waals surface area contributed by atoms with E-state index in [1.807, 2.05) is 105 Å². The number of nitrogen functional groups attached to an aromatic ring is 1. The number of hydrogen-bond donors (Lipinski definition) is 6. The summed E-state index contributed by atoms with van der Waals surface area (Å²) in [7, 11) is 0. The van der Waals surface area contributed by atoms with Gasteiger partial charge in [0.15, 0.2) is 11.5 Å². The zero-order valence-corrected chi connectivity index (χ0v) is 44.0. The van der Waals surface area contributed by atoms with Crippen molar-refractivity contribution < 1.29 is 24.3 Å². The Labute approximate surface area is 441 Å². The molecule has 1 saturated heterocycles. The van der Waals surface area contributed by atoms with Gasteiger partial charge in [0.25, 0.3) is 0 Å². The van der Waals surface area contributed by atoms with Crippen LogP contribution >= 0.6 is 11.3 Å². The molecule has 0 spiro atoms. The molecule has 1 saturated carbocycles. The highest BCUT2D eigenvalue weighted by Gasteiger charge is 2.44. The maximum absolute atomic E-state index is 14.1. The molecule has 9 rings (SSSR count). The molecule has 1 aliphatic heterocycles. The van der Waals surface area contributed by atoms with E-state index >= 15 is 0 Å². The fourth-order valence-electron chi connectivity index (χ4n) is 10.00. The van der Waals surface area contributed by atoms with Crippen LogP contribution in [-0.2, 0) is 37.7 Å². The molecule has 4 aromatic heterocycles. The van der Waals surface area contributed by atoms with Crippen LogP contribution in [0.15, 0.2) is 109 Å². The van der Waals surface area contributed by atoms with Crippen LogP contribution < -0.4 is 27.4 Å². The number of likely N-dealkylation sites (tertiary alicyclic amines) is 1. The van der Waals surface area contributed by atoms with Crippen LogP contribution in [0.25, 0.3) is 49.9 Å². The summed E-state index contributed by atoms with van der Waals surface area (Å²) in [5.74, 6) is -0.0795. The van der Waals surface area contributed by atoms with Crippen molar-refractivity contribution in [2.24, 2.45) is 11.1 Å². The van der Waals surface area contributed by atoms with Gasteiger partial charge in [-0.1, -0.05) is 81.8 Å². The van der Waals surface area contributed by atoms with Gasteiger partial charge >= 0.3 is 0 Å². The van der Waals surface area contributed by atoms with Crippen molar-refractivity contribution >= 4 is 51.9 Å². The first-order chi connectivity index (χ1) is 36.0. The van der Waals surface area contributed by atoms with Crippen LogP contribution in [-0.4, -0.2) is 89.4 Å². The number of aliphatic hydroxyl groups is 1. The Kier molecular flexibility index (Phi) is 15.9. The molecule has 1 aliphatic carbocycles. The van der Waals surface area contributed by atoms with Crippen LogP contribution in [0, 0.1) is 12.3 Å². The monoisotopic (exact) mass is 1030 g/mol. The molecule has 3 aromatic carbocycles. The lowest BCUT2D eigenvalue weighted by Crippen LogP contribution is -2.57. The second kappa shape index (κ2) is 22.6. The number of pyridine rings is 2. The maximum Gasteiger partial charge on any atom is 0.246 e. The van der Waals surface area contributed by atoms with Gasteiger partial charge in [0, 0.05) is 61.9 Å². The minimum absolute atomic E-state index is 0.00120. The first-order valence-corrected chi connectivity index (χ1v) is 26.8. The third-order valence-electron chi connectivity index (χ3n) is 14.5. The normalized spacial score (nSPS) is 16.6. The molecule has 3 atom stereocenters. The number of aliphatic hydroxyl groups excluding tert-OH is 1. The summed E-state index contributed by atoms with van der Waals surface area (Å²) < 4.78 is 2.02. The Morgan fingerprint density at radius 3 is 2.35 bits per heavy atom. The summed E-state index contributed by atoms with van der Waals surface area (Å²) in [6.45, 7) is 8.31. The minimum Gasteiger partial charge on any atom is -0.391 e. The third kappa shape index (κ3) is 12.1. The molecule has 0 radical (unpaired) electrons. The van der Waals surface area contributed by atoms with Crippen molar-refractivity contribution in [1.82, 2.24) is 45.4 Å². The Morgan fingerprint density at radius 1 is 0.853 bits per heavy atom. The fraction of sp³-hybridized carbons (Fsp3) is 0.379. The number of carbonyl (C=O) groups excluding carboxylic acids is 4. The fourth-order valence-corrected chi connectivity index (χ4v) is 10.8. The largest absolute Gasteiger partial charge is 0.391 e. The Morgan fingerprint density at radius 2 is 1.64 bits per heavy atom. The number of amides is 4. The highest BCUT2D eigenvalue weighted by molar-refractivity contribution is 7.13. The van der Waals surface area contributed by atoms with Crippen LogP contribution in [0.4, 0.5) is 5.82 Å². The molecule has 0 bridgehead atoms. The Bertz CT molecular complexity index is 3180. The quantitative estimate of drug-likeness (QED) is 0.0426. The maximum atomic E-state index is 14.1. The molecule has 2 fully saturated rings. The summed E-state index contributed by atoms with van der Waals surface area (Å²) >= 11 is 1.58. The van der Waals surface area contributed by atoms with Crippen molar-refractivity contribution in [1.29, 1.82) is 0 Å². The molecule has 4 amide bonds. The van der Waals surface area contributed by atoms with Crippen LogP contribution in [0.3, 0.4) is 0 Å². The van der Waals surface area contributed by atoms with Crippen molar-refractivity contribution in [2.75, 3.05) is 18.8 Å². The molecule has 0 unspecified atom stereocenters. The molecule has 5 heterocycles. The predicted molar refractivity (Wildman–Crippen MR) is 293 cm³/mol. The second-order valence-corrected chi connectivity index (χ2v) is 22.0. The van der Waals surface area contributed by atoms with Crippen molar-refractivity contribution in [3.63, 3.8) is 0 Å². The Balaban J connectivity index is 0.738. The number of thiazole rings is 1. The zero-order chi connectivity index (χ0) is 52.9. The molecular weight excluding hydrogens is 963 g/mol. The Hall–Kier alpha value is -7.34. The lowest BCUT2D eigenvalue weighted by molar-refractivity contribution is -0.144. The van der Waals surface area contributed by atoms with Gasteiger partial charge in [-0.05, 0) is 116 Å². The highest BCUT2D eigenvalue weighted by Crippen LogP contribution is 2.40. The average Bonchev–Trinajstić information content (AvgIpc) is 4.13. The van der Waals surface area contributed by atoms with Gasteiger partial charge in [0.2, 0.25) is 23.6 Å². The molecule has 390 valence electrons. The van der Waals surface area contributed by atoms with Gasteiger partial charge in [-0.2, -0.15) is 0 Å². The number of benzene rings is 3. The van der Waals surface area contributed by atoms with Crippen molar-refractivity contribution in [2.45, 2.75) is 122 Å². The van der Waals surface area contributed by atoms with Gasteiger partial charge in [-0.15, -0.1) is 11.3 Å². The molecule has 2 aliphatic rings. The number of nitrogens with one attached hydrogen (secondary N) is 3. The van der Waals surface area contributed by atoms with E-state index in [1.54, 1.807) is 17.5 Å². The van der Waals surface area contributed by atoms with Crippen LogP contribution in [0.5, 0.6) is 0 Å². The van der Waals surface area contributed by atoms with E-state index in [0.29, 0.717) is 67.0 Å². The van der Waals surface area contributed by atoms with E-state index in [0.717, 1.165) is 69.0 Å². The number of aromatic nitrogens is 5. The number of fused-ring (bicyclic) bond motifs is 1. The highest BCUT2D eigenvalue weighted by atomic mass is 32.1. The minimum atomic E-state index is -0.908. The van der Waals surface area contributed by atoms with Crippen molar-refractivity contribution in [3.8, 4) is 38.8 Å². The number of rotatable bonds is 19. The average molecular weight is 1030 g/mol. The first-order valence-electron chi connectivity index (χ1n) is 26.0. The SMILES string of the molecule is Cc1ncsc1-c1ccc(CNC(=O)[C@@H]2C[C@@H](O)CN2C(=O)[C@@H](NC(=O)CCCCCNC(=O)CCc2cccc(-c3ccc4nc(-c5cccnc5N)n(-c5ccc(C6(N)CCC6)cc5)c4n3)c2)C(C)(C)C)cc1. The number of unbranched alkanes of at least 4 members (excludes halogenated alkanes) is 2. The summed E-state index contributed by atoms with van der Waals surface area (Å²) in [6, 6.07) is 30.2. The van der Waals surface area contributed by atoms with E-state index in [2.05, 4.69) is 56.3 Å². The molecule has 8 N–H and O–H groups in total. The van der Waals surface area contributed by atoms with Gasteiger partial charge < -0.3 is 37.4 Å². The number of nitrogens with zero attached hydrogens (tertiary/aromatic N) is 6. The number of aryl methyl sites for hydroxylation is 2. The van der Waals surface area contributed by atoms with E-state index < -0.39 is 29.5 Å². The lowest BCUT2D eigenvalue weighted by atomic mass is 9.73. The number of nitrogens with two attached hydrogens (primary N) is 2. The molecule has 75 heavy (non-hydrogen) atoms. The topological polar surface area (TPSA) is 236 Å². The van der Waals surface area contributed by atoms with E-state index in [1.165, 1.54) is 4.90 Å². The standard InChI is InChI=1S/C58H67N11O5S/c1-36-50(75-35-64-36)39-18-15-38(16-19-39)33-63-55(73)47-32-43(70)34-68(47)56(74)51(57(2,3)4)67-49(72)14-6-5-7-29-61-48(71)26-17-37-11-8-12-40(31-37)45-24-25-46-54(65-45)69(53(66-46)44-13-9-30-62-52(44)59)42-22-20-41(21-23-42)58(60)27-10-28-58/h8-9,11-13,15-16,18-25,30-31,35,43,47,51,70H,5-7,10,14,17,26-29,32-34,60H2,1-4H3,(H2,59,62)(H,61,71)(H,63,73)(H,67,72)/t43-,47+,51-/m1/s1. The number of imidazole rings is 1. The molecular formula is C58H67N11O5S. The van der Waals surface area contributed by atoms with Gasteiger partial charge in [-0.25, -0.2) is 19.9 Å². The zero-order valence-electron chi connectivity index (χ0n) is 43.1. The summed E-state index contributed by atoms with van der Waals surface area (Å²) in [5, 5.41) is 19.5. The molecule has 7 aromatic rings. The van der Waals surface area contributed by atoms with E-state index in [4.69, 9.17) is 21.4 Å². The first kappa shape index (κ1) is 52.5. The third-order valence-corrected chi connectivity index (χ3v) is 15.5. The van der Waals surface area contributed by atoms with Gasteiger partial charge in [-0.3, -0.25) is 23.7 Å². The second-order valence-electron chi connectivity index (χ2n) is 21.1. The number of anilines is 1. The molecule has 17 heteroatoms. The van der Waals surface area contributed by atoms with E-state index in [-0.39, 0.29) is 49.2 Å². The predicted octanol–water partition coefficient (Wildman–Crippen LogP) is 7.92. The smallest absolute Gasteiger partial charge is 0.246 e. The van der Waals surface area contributed by atoms with E-state index in [9.17, 15) is 24.3 Å². The van der Waals surface area contributed by atoms with Crippen molar-refractivity contribution in [3.05, 3.63) is 131 Å².